The number of nitrogens with zero attached hydrogens (tertiary/aromatic N) is 2. The number of phenolic OH excluding ortho intramolecular Hbond substituents is 1. The number of hydrogen-bond donors (Lipinski definition) is 6. The highest BCUT2D eigenvalue weighted by Gasteiger charge is 2.17. The van der Waals surface area contributed by atoms with E-state index in [1.165, 1.54) is 48.5 Å². The number of primary sulfonamides is 1. The first kappa shape index (κ1) is 22.5. The smallest absolute Gasteiger partial charge is 0.320 e. The Bertz CT molecular complexity index is 1230. The van der Waals surface area contributed by atoms with Gasteiger partial charge in [0.05, 0.1) is 11.1 Å². The second-order valence-corrected chi connectivity index (χ2v) is 7.93. The van der Waals surface area contributed by atoms with Crippen molar-refractivity contribution in [3.8, 4) is 11.6 Å². The van der Waals surface area contributed by atoms with Gasteiger partial charge in [0, 0.05) is 5.69 Å². The van der Waals surface area contributed by atoms with E-state index in [0.717, 1.165) is 6.20 Å². The quantitative estimate of drug-likeness (QED) is 0.302. The second kappa shape index (κ2) is 9.28. The summed E-state index contributed by atoms with van der Waals surface area (Å²) in [4.78, 5) is 31.0. The van der Waals surface area contributed by atoms with Gasteiger partial charge in [0.1, 0.15) is 17.5 Å². The molecule has 0 aliphatic carbocycles. The largest absolute Gasteiger partial charge is 0.508 e. The molecule has 0 bridgehead atoms. The number of rotatable bonds is 7. The van der Waals surface area contributed by atoms with Gasteiger partial charge in [0.2, 0.25) is 28.1 Å². The van der Waals surface area contributed by atoms with Crippen LogP contribution in [0.2, 0.25) is 0 Å². The van der Waals surface area contributed by atoms with Crippen molar-refractivity contribution in [3.63, 3.8) is 0 Å². The molecule has 0 aliphatic heterocycles. The van der Waals surface area contributed by atoms with Crippen LogP contribution < -0.4 is 21.1 Å². The van der Waals surface area contributed by atoms with E-state index in [0.29, 0.717) is 11.3 Å². The topological polar surface area (TPSA) is 197 Å². The molecule has 0 saturated carbocycles. The van der Waals surface area contributed by atoms with Crippen molar-refractivity contribution >= 4 is 39.7 Å². The van der Waals surface area contributed by atoms with Crippen LogP contribution in [0.4, 0.5) is 22.1 Å². The molecule has 2 aromatic carbocycles. The number of amides is 2. The zero-order chi connectivity index (χ0) is 23.3. The molecule has 1 unspecified atom stereocenters. The molecule has 1 atom stereocenters. The molecule has 165 valence electrons. The summed E-state index contributed by atoms with van der Waals surface area (Å²) < 4.78 is 22.6. The monoisotopic (exact) mass is 457 g/mol. The number of sulfonamides is 1. The number of carbonyl (C=O) groups excluding carboxylic acids is 2. The van der Waals surface area contributed by atoms with Gasteiger partial charge in [-0.25, -0.2) is 23.3 Å². The van der Waals surface area contributed by atoms with Gasteiger partial charge in [-0.2, -0.15) is 4.98 Å². The molecule has 3 aromatic rings. The summed E-state index contributed by atoms with van der Waals surface area (Å²) in [5, 5.41) is 31.8. The molecule has 13 heteroatoms. The lowest BCUT2D eigenvalue weighted by Crippen LogP contribution is -2.33. The number of urea groups is 1. The number of aromatic nitrogens is 2. The zero-order valence-electron chi connectivity index (χ0n) is 16.2. The summed E-state index contributed by atoms with van der Waals surface area (Å²) in [5.41, 5.74) is 0.683. The van der Waals surface area contributed by atoms with Gasteiger partial charge in [-0.05, 0) is 42.0 Å². The van der Waals surface area contributed by atoms with Crippen LogP contribution in [0, 0.1) is 0 Å². The SMILES string of the molecule is NS(=O)(=O)c1ccc(Nc2ncc(NC(=O)NC([C]=O)c3ccc(O)cc3)c(O)n2)cc1. The number of hydrogen-bond acceptors (Lipinski definition) is 9. The van der Waals surface area contributed by atoms with Gasteiger partial charge in [0.25, 0.3) is 0 Å². The normalized spacial score (nSPS) is 11.9. The van der Waals surface area contributed by atoms with Crippen molar-refractivity contribution in [2.24, 2.45) is 5.14 Å². The molecule has 2 amide bonds. The van der Waals surface area contributed by atoms with Crippen molar-refractivity contribution < 1.29 is 28.2 Å². The molecule has 0 saturated heterocycles. The molecule has 1 heterocycles. The third-order valence-electron chi connectivity index (χ3n) is 4.08. The molecule has 32 heavy (non-hydrogen) atoms. The van der Waals surface area contributed by atoms with Crippen molar-refractivity contribution in [3.05, 3.63) is 60.3 Å². The van der Waals surface area contributed by atoms with Crippen LogP contribution in [-0.2, 0) is 14.8 Å². The summed E-state index contributed by atoms with van der Waals surface area (Å²) in [5.74, 6) is -0.589. The first-order valence-electron chi connectivity index (χ1n) is 8.86. The Hall–Kier alpha value is -4.23. The van der Waals surface area contributed by atoms with E-state index in [1.54, 1.807) is 6.29 Å². The Kier molecular flexibility index (Phi) is 6.51. The maximum atomic E-state index is 12.2. The van der Waals surface area contributed by atoms with Crippen molar-refractivity contribution in [1.82, 2.24) is 15.3 Å². The van der Waals surface area contributed by atoms with E-state index in [1.807, 2.05) is 0 Å². The molecule has 12 nitrogen and oxygen atoms in total. The minimum Gasteiger partial charge on any atom is -0.508 e. The molecule has 7 N–H and O–H groups in total. The fourth-order valence-electron chi connectivity index (χ4n) is 2.52. The minimum absolute atomic E-state index is 0.000947. The minimum atomic E-state index is -3.83. The van der Waals surface area contributed by atoms with E-state index < -0.39 is 28.0 Å². The Morgan fingerprint density at radius 3 is 2.28 bits per heavy atom. The fourth-order valence-corrected chi connectivity index (χ4v) is 3.03. The number of benzene rings is 2. The summed E-state index contributed by atoms with van der Waals surface area (Å²) in [6, 6.07) is 9.09. The van der Waals surface area contributed by atoms with Gasteiger partial charge in [0.15, 0.2) is 0 Å². The lowest BCUT2D eigenvalue weighted by Gasteiger charge is -2.14. The van der Waals surface area contributed by atoms with Gasteiger partial charge in [-0.15, -0.1) is 0 Å². The number of phenols is 1. The van der Waals surface area contributed by atoms with Crippen LogP contribution in [0.3, 0.4) is 0 Å². The van der Waals surface area contributed by atoms with Crippen LogP contribution >= 0.6 is 0 Å². The number of nitrogens with one attached hydrogen (secondary N) is 3. The van der Waals surface area contributed by atoms with Crippen LogP contribution in [-0.4, -0.2) is 40.9 Å². The Morgan fingerprint density at radius 2 is 1.72 bits per heavy atom. The lowest BCUT2D eigenvalue weighted by molar-refractivity contribution is 0.250. The third kappa shape index (κ3) is 5.68. The Labute approximate surface area is 182 Å². The summed E-state index contributed by atoms with van der Waals surface area (Å²) in [6.07, 6.45) is 2.79. The van der Waals surface area contributed by atoms with E-state index in [-0.39, 0.29) is 22.3 Å². The van der Waals surface area contributed by atoms with Crippen LogP contribution in [0.5, 0.6) is 11.6 Å². The summed E-state index contributed by atoms with van der Waals surface area (Å²) in [6.45, 7) is 0. The number of carbonyl (C=O) groups is 1. The van der Waals surface area contributed by atoms with Crippen LogP contribution in [0.25, 0.3) is 0 Å². The summed E-state index contributed by atoms with van der Waals surface area (Å²) in [7, 11) is -3.83. The van der Waals surface area contributed by atoms with Gasteiger partial charge in [-0.3, -0.25) is 4.79 Å². The first-order chi connectivity index (χ1) is 15.2. The van der Waals surface area contributed by atoms with Gasteiger partial charge in [-0.1, -0.05) is 12.1 Å². The predicted octanol–water partition coefficient (Wildman–Crippen LogP) is 1.25. The Morgan fingerprint density at radius 1 is 1.06 bits per heavy atom. The van der Waals surface area contributed by atoms with Gasteiger partial charge < -0.3 is 26.2 Å². The number of nitrogens with two attached hydrogens (primary N) is 1. The van der Waals surface area contributed by atoms with Crippen molar-refractivity contribution in [1.29, 1.82) is 0 Å². The Balaban J connectivity index is 1.65. The van der Waals surface area contributed by atoms with Crippen molar-refractivity contribution in [2.75, 3.05) is 10.6 Å². The average Bonchev–Trinajstić information content (AvgIpc) is 2.74. The van der Waals surface area contributed by atoms with Crippen LogP contribution in [0.15, 0.2) is 59.6 Å². The molecule has 0 spiro atoms. The van der Waals surface area contributed by atoms with E-state index >= 15 is 0 Å². The van der Waals surface area contributed by atoms with E-state index in [9.17, 15) is 28.2 Å². The second-order valence-electron chi connectivity index (χ2n) is 6.37. The first-order valence-corrected chi connectivity index (χ1v) is 10.4. The highest BCUT2D eigenvalue weighted by Crippen LogP contribution is 2.23. The highest BCUT2D eigenvalue weighted by molar-refractivity contribution is 7.89. The predicted molar refractivity (Wildman–Crippen MR) is 113 cm³/mol. The van der Waals surface area contributed by atoms with Gasteiger partial charge >= 0.3 is 6.03 Å². The molecule has 3 rings (SSSR count). The number of anilines is 3. The van der Waals surface area contributed by atoms with Crippen LogP contribution in [0.1, 0.15) is 11.6 Å². The maximum Gasteiger partial charge on any atom is 0.320 e. The fraction of sp³-hybridized carbons (Fsp3) is 0.0526. The average molecular weight is 457 g/mol. The molecular weight excluding hydrogens is 440 g/mol. The molecule has 1 radical (unpaired) electrons. The van der Waals surface area contributed by atoms with Crippen molar-refractivity contribution in [2.45, 2.75) is 10.9 Å². The third-order valence-corrected chi connectivity index (χ3v) is 5.00. The summed E-state index contributed by atoms with van der Waals surface area (Å²) >= 11 is 0. The molecule has 1 aromatic heterocycles. The molecular formula is C19H17N6O6S. The van der Waals surface area contributed by atoms with E-state index in [4.69, 9.17) is 5.14 Å². The zero-order valence-corrected chi connectivity index (χ0v) is 17.0. The molecule has 0 fully saturated rings. The number of aromatic hydroxyl groups is 2. The highest BCUT2D eigenvalue weighted by atomic mass is 32.2. The maximum absolute atomic E-state index is 12.2. The van der Waals surface area contributed by atoms with E-state index in [2.05, 4.69) is 25.9 Å². The standard InChI is InChI=1S/C19H17N6O6S/c20-32(30,31)14-7-3-12(4-8-14)22-18-21-9-15(17(28)25-18)23-19(29)24-16(10-26)11-1-5-13(27)6-2-11/h1-9,16,27H,(H2,20,30,31)(H2,23,24,29)(H2,21,22,25,28). The molecule has 0 aliphatic rings. The lowest BCUT2D eigenvalue weighted by atomic mass is 10.1.